The highest BCUT2D eigenvalue weighted by Crippen LogP contribution is 2.03. The quantitative estimate of drug-likeness (QED) is 0.691. The fourth-order valence-electron chi connectivity index (χ4n) is 1.61. The first kappa shape index (κ1) is 13.4. The molecule has 5 nitrogen and oxygen atoms in total. The molecule has 0 aromatic rings. The van der Waals surface area contributed by atoms with Crippen molar-refractivity contribution < 1.29 is 14.3 Å². The lowest BCUT2D eigenvalue weighted by Gasteiger charge is -2.24. The van der Waals surface area contributed by atoms with E-state index in [1.165, 1.54) is 0 Å². The van der Waals surface area contributed by atoms with E-state index in [1.54, 1.807) is 0 Å². The zero-order valence-electron chi connectivity index (χ0n) is 10.1. The summed E-state index contributed by atoms with van der Waals surface area (Å²) in [6, 6.07) is -0.426. The summed E-state index contributed by atoms with van der Waals surface area (Å²) in [4.78, 5) is 11.6. The van der Waals surface area contributed by atoms with E-state index in [0.29, 0.717) is 38.7 Å². The van der Waals surface area contributed by atoms with Crippen LogP contribution in [0.3, 0.4) is 0 Å². The summed E-state index contributed by atoms with van der Waals surface area (Å²) >= 11 is 0. The van der Waals surface area contributed by atoms with Crippen LogP contribution in [0.2, 0.25) is 0 Å². The highest BCUT2D eigenvalue weighted by atomic mass is 16.6. The summed E-state index contributed by atoms with van der Waals surface area (Å²) in [5, 5.41) is 2.79. The van der Waals surface area contributed by atoms with E-state index < -0.39 is 6.04 Å². The van der Waals surface area contributed by atoms with Crippen molar-refractivity contribution in [1.82, 2.24) is 5.32 Å². The Morgan fingerprint density at radius 3 is 2.81 bits per heavy atom. The molecule has 1 aliphatic rings. The summed E-state index contributed by atoms with van der Waals surface area (Å²) in [5.74, 6) is 0.317. The third-order valence-electron chi connectivity index (χ3n) is 2.45. The van der Waals surface area contributed by atoms with Gasteiger partial charge in [0.25, 0.3) is 0 Å². The molecule has 1 rings (SSSR count). The molecule has 2 atom stereocenters. The van der Waals surface area contributed by atoms with Crippen molar-refractivity contribution >= 4 is 5.91 Å². The predicted molar refractivity (Wildman–Crippen MR) is 61.0 cm³/mol. The van der Waals surface area contributed by atoms with Crippen molar-refractivity contribution in [2.75, 3.05) is 26.4 Å². The molecule has 5 heteroatoms. The standard InChI is InChI=1S/C11H22N2O3/c1-8(2)5-10(12)11(14)13-6-9-7-15-3-4-16-9/h8-10H,3-7,12H2,1-2H3,(H,13,14)/t9?,10-/m0/s1. The number of rotatable bonds is 5. The minimum absolute atomic E-state index is 0.0380. The van der Waals surface area contributed by atoms with Crippen LogP contribution in [0.15, 0.2) is 0 Å². The van der Waals surface area contributed by atoms with Gasteiger partial charge in [0.05, 0.1) is 32.0 Å². The van der Waals surface area contributed by atoms with Gasteiger partial charge < -0.3 is 20.5 Å². The van der Waals surface area contributed by atoms with Crippen molar-refractivity contribution in [3.63, 3.8) is 0 Å². The van der Waals surface area contributed by atoms with Crippen LogP contribution in [0.4, 0.5) is 0 Å². The minimum atomic E-state index is -0.426. The second kappa shape index (κ2) is 6.83. The number of hydrogen-bond acceptors (Lipinski definition) is 4. The summed E-state index contributed by atoms with van der Waals surface area (Å²) in [6.07, 6.45) is 0.664. The number of amides is 1. The Bertz CT molecular complexity index is 215. The number of hydrogen-bond donors (Lipinski definition) is 2. The van der Waals surface area contributed by atoms with Crippen LogP contribution < -0.4 is 11.1 Å². The fraction of sp³-hybridized carbons (Fsp3) is 0.909. The first-order valence-corrected chi connectivity index (χ1v) is 5.82. The van der Waals surface area contributed by atoms with Crippen molar-refractivity contribution in [2.24, 2.45) is 11.7 Å². The highest BCUT2D eigenvalue weighted by molar-refractivity contribution is 5.81. The van der Waals surface area contributed by atoms with E-state index >= 15 is 0 Å². The van der Waals surface area contributed by atoms with Crippen molar-refractivity contribution in [2.45, 2.75) is 32.4 Å². The molecule has 3 N–H and O–H groups in total. The largest absolute Gasteiger partial charge is 0.376 e. The van der Waals surface area contributed by atoms with E-state index in [4.69, 9.17) is 15.2 Å². The first-order chi connectivity index (χ1) is 7.59. The van der Waals surface area contributed by atoms with Crippen LogP contribution in [0, 0.1) is 5.92 Å². The maximum Gasteiger partial charge on any atom is 0.237 e. The summed E-state index contributed by atoms with van der Waals surface area (Å²) < 4.78 is 10.6. The molecule has 0 radical (unpaired) electrons. The lowest BCUT2D eigenvalue weighted by atomic mass is 10.0. The molecule has 0 aliphatic carbocycles. The molecule has 0 aromatic carbocycles. The van der Waals surface area contributed by atoms with Crippen LogP contribution in [-0.2, 0) is 14.3 Å². The van der Waals surface area contributed by atoms with Gasteiger partial charge in [-0.3, -0.25) is 4.79 Å². The van der Waals surface area contributed by atoms with Gasteiger partial charge in [0, 0.05) is 6.54 Å². The molecule has 1 saturated heterocycles. The third-order valence-corrected chi connectivity index (χ3v) is 2.45. The Labute approximate surface area is 96.7 Å². The smallest absolute Gasteiger partial charge is 0.237 e. The van der Waals surface area contributed by atoms with Crippen molar-refractivity contribution in [1.29, 1.82) is 0 Å². The molecule has 0 aromatic heterocycles. The van der Waals surface area contributed by atoms with Gasteiger partial charge in [0.15, 0.2) is 0 Å². The van der Waals surface area contributed by atoms with Crippen molar-refractivity contribution in [3.8, 4) is 0 Å². The number of nitrogens with one attached hydrogen (secondary N) is 1. The van der Waals surface area contributed by atoms with Gasteiger partial charge in [0.1, 0.15) is 0 Å². The monoisotopic (exact) mass is 230 g/mol. The lowest BCUT2D eigenvalue weighted by molar-refractivity contribution is -0.125. The third kappa shape index (κ3) is 4.92. The first-order valence-electron chi connectivity index (χ1n) is 5.82. The zero-order chi connectivity index (χ0) is 12.0. The summed E-state index contributed by atoms with van der Waals surface area (Å²) in [6.45, 7) is 6.34. The molecular formula is C11H22N2O3. The second-order valence-electron chi connectivity index (χ2n) is 4.55. The Hall–Kier alpha value is -0.650. The average molecular weight is 230 g/mol. The molecular weight excluding hydrogens is 208 g/mol. The van der Waals surface area contributed by atoms with Crippen LogP contribution in [0.25, 0.3) is 0 Å². The van der Waals surface area contributed by atoms with Gasteiger partial charge in [-0.1, -0.05) is 13.8 Å². The second-order valence-corrected chi connectivity index (χ2v) is 4.55. The Morgan fingerprint density at radius 1 is 1.50 bits per heavy atom. The van der Waals surface area contributed by atoms with Gasteiger partial charge in [-0.05, 0) is 12.3 Å². The van der Waals surface area contributed by atoms with Gasteiger partial charge in [-0.2, -0.15) is 0 Å². The number of ether oxygens (including phenoxy) is 2. The lowest BCUT2D eigenvalue weighted by Crippen LogP contribution is -2.46. The minimum Gasteiger partial charge on any atom is -0.376 e. The zero-order valence-corrected chi connectivity index (χ0v) is 10.1. The molecule has 0 saturated carbocycles. The summed E-state index contributed by atoms with van der Waals surface area (Å²) in [5.41, 5.74) is 5.75. The number of carbonyl (C=O) groups excluding carboxylic acids is 1. The van der Waals surface area contributed by atoms with E-state index in [0.717, 1.165) is 0 Å². The average Bonchev–Trinajstić information content (AvgIpc) is 2.26. The van der Waals surface area contributed by atoms with E-state index in [2.05, 4.69) is 5.32 Å². The molecule has 1 unspecified atom stereocenters. The summed E-state index contributed by atoms with van der Waals surface area (Å²) in [7, 11) is 0. The Kier molecular flexibility index (Phi) is 5.73. The molecule has 0 bridgehead atoms. The molecule has 94 valence electrons. The maximum absolute atomic E-state index is 11.6. The van der Waals surface area contributed by atoms with Crippen LogP contribution in [-0.4, -0.2) is 44.4 Å². The Balaban J connectivity index is 2.17. The van der Waals surface area contributed by atoms with Gasteiger partial charge in [0.2, 0.25) is 5.91 Å². The van der Waals surface area contributed by atoms with Crippen LogP contribution in [0.5, 0.6) is 0 Å². The normalized spacial score (nSPS) is 23.1. The Morgan fingerprint density at radius 2 is 2.25 bits per heavy atom. The van der Waals surface area contributed by atoms with Gasteiger partial charge >= 0.3 is 0 Å². The SMILES string of the molecule is CC(C)C[C@H](N)C(=O)NCC1COCCO1. The predicted octanol–water partition coefficient (Wildman–Crippen LogP) is -0.109. The van der Waals surface area contributed by atoms with E-state index in [1.807, 2.05) is 13.8 Å². The van der Waals surface area contributed by atoms with Crippen molar-refractivity contribution in [3.05, 3.63) is 0 Å². The fourth-order valence-corrected chi connectivity index (χ4v) is 1.61. The molecule has 1 amide bonds. The topological polar surface area (TPSA) is 73.6 Å². The molecule has 1 aliphatic heterocycles. The van der Waals surface area contributed by atoms with Gasteiger partial charge in [-0.15, -0.1) is 0 Å². The number of carbonyl (C=O) groups is 1. The maximum atomic E-state index is 11.6. The van der Waals surface area contributed by atoms with E-state index in [9.17, 15) is 4.79 Å². The highest BCUT2D eigenvalue weighted by Gasteiger charge is 2.18. The number of nitrogens with two attached hydrogens (primary N) is 1. The molecule has 1 fully saturated rings. The van der Waals surface area contributed by atoms with Crippen LogP contribution in [0.1, 0.15) is 20.3 Å². The molecule has 1 heterocycles. The molecule has 0 spiro atoms. The van der Waals surface area contributed by atoms with Crippen LogP contribution >= 0.6 is 0 Å². The van der Waals surface area contributed by atoms with E-state index in [-0.39, 0.29) is 12.0 Å². The molecule has 16 heavy (non-hydrogen) atoms. The van der Waals surface area contributed by atoms with Gasteiger partial charge in [-0.25, -0.2) is 0 Å².